The van der Waals surface area contributed by atoms with Crippen molar-refractivity contribution in [2.24, 2.45) is 0 Å². The number of para-hydroxylation sites is 1. The zero-order valence-corrected chi connectivity index (χ0v) is 34.3. The van der Waals surface area contributed by atoms with Gasteiger partial charge in [0.15, 0.2) is 0 Å². The first kappa shape index (κ1) is 38.0. The summed E-state index contributed by atoms with van der Waals surface area (Å²) in [4.78, 5) is 4.74. The Kier molecular flexibility index (Phi) is 10.8. The summed E-state index contributed by atoms with van der Waals surface area (Å²) in [6.45, 7) is 0. The molecule has 0 radical (unpaired) electrons. The number of rotatable bonds is 11. The number of hydrogen-bond donors (Lipinski definition) is 0. The Morgan fingerprint density at radius 3 is 0.839 bits per heavy atom. The first-order valence-electron chi connectivity index (χ1n) is 21.2. The van der Waals surface area contributed by atoms with E-state index in [4.69, 9.17) is 0 Å². The standard InChI is InChI=1S/C60H44N2/c1-5-16-45(17-6-1)49-28-36-54(37-29-49)61(55-38-30-50(31-39-55)46-18-7-2-8-19-46)58-25-15-24-53(44-58)59-26-13-14-27-60(59)62(56-40-32-51(33-41-56)47-20-9-3-10-21-47)57-42-34-52(35-43-57)48-22-11-4-12-23-48/h1-44H. The van der Waals surface area contributed by atoms with Gasteiger partial charge in [-0.25, -0.2) is 0 Å². The van der Waals surface area contributed by atoms with Gasteiger partial charge in [0.1, 0.15) is 0 Å². The van der Waals surface area contributed by atoms with Crippen molar-refractivity contribution in [1.82, 2.24) is 0 Å². The molecule has 294 valence electrons. The maximum Gasteiger partial charge on any atom is 0.0540 e. The van der Waals surface area contributed by atoms with Gasteiger partial charge in [-0.15, -0.1) is 0 Å². The van der Waals surface area contributed by atoms with Gasteiger partial charge in [0, 0.05) is 34.0 Å². The molecule has 0 unspecified atom stereocenters. The van der Waals surface area contributed by atoms with Crippen LogP contribution < -0.4 is 9.80 Å². The van der Waals surface area contributed by atoms with E-state index in [9.17, 15) is 0 Å². The Hall–Kier alpha value is -8.20. The summed E-state index contributed by atoms with van der Waals surface area (Å²) in [5, 5.41) is 0. The summed E-state index contributed by atoms with van der Waals surface area (Å²) < 4.78 is 0. The SMILES string of the molecule is c1ccc(-c2ccc(N(c3ccc(-c4ccccc4)cc3)c3cccc(-c4ccccc4N(c4ccc(-c5ccccc5)cc4)c4ccc(-c5ccccc5)cc4)c3)cc2)cc1. The summed E-state index contributed by atoms with van der Waals surface area (Å²) in [5.74, 6) is 0. The summed E-state index contributed by atoms with van der Waals surface area (Å²) in [6, 6.07) is 95.6. The lowest BCUT2D eigenvalue weighted by atomic mass is 9.99. The second kappa shape index (κ2) is 17.6. The van der Waals surface area contributed by atoms with E-state index in [2.05, 4.69) is 277 Å². The van der Waals surface area contributed by atoms with Crippen molar-refractivity contribution in [3.8, 4) is 55.6 Å². The van der Waals surface area contributed by atoms with Crippen molar-refractivity contribution in [3.63, 3.8) is 0 Å². The van der Waals surface area contributed by atoms with Crippen LogP contribution >= 0.6 is 0 Å². The molecule has 2 heteroatoms. The van der Waals surface area contributed by atoms with Crippen molar-refractivity contribution in [2.45, 2.75) is 0 Å². The quantitative estimate of drug-likeness (QED) is 0.129. The Morgan fingerprint density at radius 1 is 0.177 bits per heavy atom. The zero-order valence-electron chi connectivity index (χ0n) is 34.3. The molecule has 0 aromatic heterocycles. The Bertz CT molecular complexity index is 2830. The van der Waals surface area contributed by atoms with Crippen molar-refractivity contribution in [2.75, 3.05) is 9.80 Å². The molecule has 0 spiro atoms. The third kappa shape index (κ3) is 8.06. The van der Waals surface area contributed by atoms with E-state index in [1.165, 1.54) is 44.5 Å². The third-order valence-electron chi connectivity index (χ3n) is 11.5. The summed E-state index contributed by atoms with van der Waals surface area (Å²) in [5.41, 5.74) is 18.3. The molecule has 10 rings (SSSR count). The largest absolute Gasteiger partial charge is 0.310 e. The molecule has 0 saturated carbocycles. The summed E-state index contributed by atoms with van der Waals surface area (Å²) in [6.07, 6.45) is 0. The number of anilines is 6. The van der Waals surface area contributed by atoms with Crippen LogP contribution in [0.15, 0.2) is 267 Å². The molecule has 0 aliphatic carbocycles. The minimum absolute atomic E-state index is 1.07. The smallest absolute Gasteiger partial charge is 0.0540 e. The fourth-order valence-electron chi connectivity index (χ4n) is 8.33. The van der Waals surface area contributed by atoms with Crippen LogP contribution in [0.5, 0.6) is 0 Å². The van der Waals surface area contributed by atoms with Crippen LogP contribution in [-0.2, 0) is 0 Å². The molecule has 0 amide bonds. The van der Waals surface area contributed by atoms with Crippen LogP contribution in [0, 0.1) is 0 Å². The second-order valence-corrected chi connectivity index (χ2v) is 15.4. The Labute approximate surface area is 364 Å². The van der Waals surface area contributed by atoms with E-state index in [1.807, 2.05) is 0 Å². The molecule has 10 aromatic carbocycles. The molecule has 0 atom stereocenters. The fraction of sp³-hybridized carbons (Fsp3) is 0. The van der Waals surface area contributed by atoms with Crippen molar-refractivity contribution in [3.05, 3.63) is 267 Å². The summed E-state index contributed by atoms with van der Waals surface area (Å²) >= 11 is 0. The second-order valence-electron chi connectivity index (χ2n) is 15.4. The average molecular weight is 793 g/mol. The predicted octanol–water partition coefficient (Wildman–Crippen LogP) is 17.0. The Morgan fingerprint density at radius 2 is 0.468 bits per heavy atom. The van der Waals surface area contributed by atoms with E-state index in [0.717, 1.165) is 45.3 Å². The van der Waals surface area contributed by atoms with Gasteiger partial charge in [-0.2, -0.15) is 0 Å². The van der Waals surface area contributed by atoms with E-state index >= 15 is 0 Å². The first-order valence-corrected chi connectivity index (χ1v) is 21.2. The lowest BCUT2D eigenvalue weighted by Gasteiger charge is -2.29. The molecule has 10 aromatic rings. The zero-order chi connectivity index (χ0) is 41.5. The molecule has 0 aliphatic rings. The molecular weight excluding hydrogens is 749 g/mol. The number of nitrogens with zero attached hydrogens (tertiary/aromatic N) is 2. The van der Waals surface area contributed by atoms with Crippen molar-refractivity contribution in [1.29, 1.82) is 0 Å². The highest BCUT2D eigenvalue weighted by Crippen LogP contribution is 2.44. The van der Waals surface area contributed by atoms with Gasteiger partial charge < -0.3 is 9.80 Å². The van der Waals surface area contributed by atoms with Gasteiger partial charge in [0.2, 0.25) is 0 Å². The summed E-state index contributed by atoms with van der Waals surface area (Å²) in [7, 11) is 0. The minimum Gasteiger partial charge on any atom is -0.310 e. The maximum atomic E-state index is 2.38. The lowest BCUT2D eigenvalue weighted by Crippen LogP contribution is -2.12. The molecule has 0 fully saturated rings. The number of hydrogen-bond acceptors (Lipinski definition) is 2. The van der Waals surface area contributed by atoms with Gasteiger partial charge in [0.25, 0.3) is 0 Å². The normalized spacial score (nSPS) is 10.9. The Balaban J connectivity index is 1.07. The van der Waals surface area contributed by atoms with Crippen LogP contribution in [0.4, 0.5) is 34.1 Å². The molecule has 2 nitrogen and oxygen atoms in total. The highest BCUT2D eigenvalue weighted by atomic mass is 15.1. The van der Waals surface area contributed by atoms with Crippen LogP contribution in [-0.4, -0.2) is 0 Å². The first-order chi connectivity index (χ1) is 30.7. The minimum atomic E-state index is 1.07. The molecule has 0 bridgehead atoms. The molecular formula is C60H44N2. The van der Waals surface area contributed by atoms with Crippen LogP contribution in [0.1, 0.15) is 0 Å². The molecule has 62 heavy (non-hydrogen) atoms. The fourth-order valence-corrected chi connectivity index (χ4v) is 8.33. The van der Waals surface area contributed by atoms with Gasteiger partial charge in [-0.3, -0.25) is 0 Å². The molecule has 0 heterocycles. The van der Waals surface area contributed by atoms with E-state index < -0.39 is 0 Å². The van der Waals surface area contributed by atoms with Gasteiger partial charge in [-0.1, -0.05) is 200 Å². The number of benzene rings is 10. The van der Waals surface area contributed by atoms with Crippen LogP contribution in [0.3, 0.4) is 0 Å². The highest BCUT2D eigenvalue weighted by Gasteiger charge is 2.20. The predicted molar refractivity (Wildman–Crippen MR) is 263 cm³/mol. The van der Waals surface area contributed by atoms with Crippen molar-refractivity contribution < 1.29 is 0 Å². The van der Waals surface area contributed by atoms with Crippen molar-refractivity contribution >= 4 is 34.1 Å². The third-order valence-corrected chi connectivity index (χ3v) is 11.5. The van der Waals surface area contributed by atoms with E-state index in [-0.39, 0.29) is 0 Å². The van der Waals surface area contributed by atoms with Gasteiger partial charge >= 0.3 is 0 Å². The molecule has 0 aliphatic heterocycles. The maximum absolute atomic E-state index is 2.38. The molecule has 0 saturated heterocycles. The van der Waals surface area contributed by atoms with Gasteiger partial charge in [0.05, 0.1) is 5.69 Å². The average Bonchev–Trinajstić information content (AvgIpc) is 3.36. The van der Waals surface area contributed by atoms with Gasteiger partial charge in [-0.05, 0) is 117 Å². The topological polar surface area (TPSA) is 6.48 Å². The van der Waals surface area contributed by atoms with Crippen LogP contribution in [0.2, 0.25) is 0 Å². The van der Waals surface area contributed by atoms with E-state index in [0.29, 0.717) is 0 Å². The highest BCUT2D eigenvalue weighted by molar-refractivity contribution is 5.91. The van der Waals surface area contributed by atoms with Crippen LogP contribution in [0.25, 0.3) is 55.6 Å². The van der Waals surface area contributed by atoms with E-state index in [1.54, 1.807) is 0 Å². The molecule has 0 N–H and O–H groups in total. The lowest BCUT2D eigenvalue weighted by molar-refractivity contribution is 1.27. The monoisotopic (exact) mass is 792 g/mol.